The third kappa shape index (κ3) is 1.76. The highest BCUT2D eigenvalue weighted by molar-refractivity contribution is 5.86. The van der Waals surface area contributed by atoms with Crippen molar-refractivity contribution in [2.45, 2.75) is 50.0 Å². The van der Waals surface area contributed by atoms with Gasteiger partial charge in [-0.05, 0) is 44.2 Å². The van der Waals surface area contributed by atoms with Crippen LogP contribution in [0.25, 0.3) is 5.57 Å². The number of benzene rings is 1. The highest BCUT2D eigenvalue weighted by atomic mass is 16.5. The van der Waals surface area contributed by atoms with Gasteiger partial charge in [-0.15, -0.1) is 0 Å². The first-order chi connectivity index (χ1) is 10.8. The average molecular weight is 313 g/mol. The fourth-order valence-electron chi connectivity index (χ4n) is 5.08. The number of hydrogen-bond acceptors (Lipinski definition) is 3. The number of aliphatic hydroxyl groups is 1. The summed E-state index contributed by atoms with van der Waals surface area (Å²) in [5.74, 6) is -0.0968. The van der Waals surface area contributed by atoms with E-state index in [1.165, 1.54) is 0 Å². The Morgan fingerprint density at radius 3 is 2.70 bits per heavy atom. The van der Waals surface area contributed by atoms with Crippen molar-refractivity contribution in [1.82, 2.24) is 4.90 Å². The summed E-state index contributed by atoms with van der Waals surface area (Å²) in [6.45, 7) is 8.27. The maximum Gasteiger partial charge on any atom is 0.251 e. The molecule has 1 N–H and O–H groups in total. The highest BCUT2D eigenvalue weighted by Crippen LogP contribution is 2.62. The number of carbonyl (C=O) groups is 1. The smallest absolute Gasteiger partial charge is 0.251 e. The molecule has 2 heterocycles. The van der Waals surface area contributed by atoms with Crippen LogP contribution in [0.2, 0.25) is 0 Å². The zero-order chi connectivity index (χ0) is 16.5. The maximum atomic E-state index is 12.6. The summed E-state index contributed by atoms with van der Waals surface area (Å²) in [6.07, 6.45) is 2.07. The molecule has 1 amide bonds. The molecular weight excluding hydrogens is 290 g/mol. The van der Waals surface area contributed by atoms with Crippen LogP contribution in [-0.4, -0.2) is 39.4 Å². The Kier molecular flexibility index (Phi) is 2.89. The zero-order valence-corrected chi connectivity index (χ0v) is 13.7. The van der Waals surface area contributed by atoms with Gasteiger partial charge in [-0.3, -0.25) is 4.79 Å². The standard InChI is InChI=1S/C19H23NO3/c1-13(14-7-5-4-6-8-14)19-10-9-17(2,22)15(11-19)18(3)20(19)16(21)12-23-18/h4-8,15,22H,1,9-12H2,2-3H3/t15-,17-,18+,19-/m1/s1. The monoisotopic (exact) mass is 313 g/mol. The van der Waals surface area contributed by atoms with Crippen LogP contribution in [0.4, 0.5) is 0 Å². The van der Waals surface area contributed by atoms with Crippen molar-refractivity contribution in [1.29, 1.82) is 0 Å². The molecule has 1 aliphatic carbocycles. The van der Waals surface area contributed by atoms with E-state index >= 15 is 0 Å². The van der Waals surface area contributed by atoms with Gasteiger partial charge in [0.25, 0.3) is 5.91 Å². The molecule has 2 aliphatic heterocycles. The topological polar surface area (TPSA) is 49.8 Å². The molecule has 1 aromatic carbocycles. The van der Waals surface area contributed by atoms with Gasteiger partial charge in [-0.1, -0.05) is 36.9 Å². The van der Waals surface area contributed by atoms with Gasteiger partial charge in [0.05, 0.1) is 11.1 Å². The number of carbonyl (C=O) groups excluding carboxylic acids is 1. The first-order valence-electron chi connectivity index (χ1n) is 8.26. The molecule has 122 valence electrons. The van der Waals surface area contributed by atoms with E-state index in [-0.39, 0.29) is 18.4 Å². The summed E-state index contributed by atoms with van der Waals surface area (Å²) < 4.78 is 5.91. The predicted molar refractivity (Wildman–Crippen MR) is 87.4 cm³/mol. The van der Waals surface area contributed by atoms with Gasteiger partial charge in [0.1, 0.15) is 12.3 Å². The fourth-order valence-corrected chi connectivity index (χ4v) is 5.08. The lowest BCUT2D eigenvalue weighted by molar-refractivity contribution is -0.143. The molecule has 4 atom stereocenters. The third-order valence-corrected chi connectivity index (χ3v) is 6.28. The highest BCUT2D eigenvalue weighted by Gasteiger charge is 2.70. The van der Waals surface area contributed by atoms with E-state index in [1.54, 1.807) is 0 Å². The molecule has 1 saturated carbocycles. The second-order valence-corrected chi connectivity index (χ2v) is 7.56. The van der Waals surface area contributed by atoms with E-state index < -0.39 is 16.9 Å². The molecule has 2 bridgehead atoms. The molecule has 2 saturated heterocycles. The molecule has 0 unspecified atom stereocenters. The van der Waals surface area contributed by atoms with Crippen LogP contribution >= 0.6 is 0 Å². The van der Waals surface area contributed by atoms with Gasteiger partial charge in [-0.25, -0.2) is 0 Å². The van der Waals surface area contributed by atoms with Crippen molar-refractivity contribution < 1.29 is 14.6 Å². The molecular formula is C19H23NO3. The van der Waals surface area contributed by atoms with E-state index in [2.05, 4.69) is 6.58 Å². The van der Waals surface area contributed by atoms with Crippen LogP contribution in [0.5, 0.6) is 0 Å². The molecule has 23 heavy (non-hydrogen) atoms. The number of nitrogens with zero attached hydrogens (tertiary/aromatic N) is 1. The van der Waals surface area contributed by atoms with Crippen LogP contribution in [0, 0.1) is 5.92 Å². The largest absolute Gasteiger partial charge is 0.390 e. The Bertz CT molecular complexity index is 683. The lowest BCUT2D eigenvalue weighted by Crippen LogP contribution is -2.52. The number of amides is 1. The summed E-state index contributed by atoms with van der Waals surface area (Å²) >= 11 is 0. The van der Waals surface area contributed by atoms with Crippen molar-refractivity contribution in [3.8, 4) is 0 Å². The number of fused-ring (bicyclic) bond motifs is 5. The summed E-state index contributed by atoms with van der Waals surface area (Å²) in [6, 6.07) is 10.0. The van der Waals surface area contributed by atoms with Gasteiger partial charge in [-0.2, -0.15) is 0 Å². The van der Waals surface area contributed by atoms with Gasteiger partial charge in [0.15, 0.2) is 0 Å². The minimum Gasteiger partial charge on any atom is -0.390 e. The number of ether oxygens (including phenoxy) is 1. The van der Waals surface area contributed by atoms with Crippen molar-refractivity contribution in [2.75, 3.05) is 6.61 Å². The average Bonchev–Trinajstić information content (AvgIpc) is 2.97. The molecule has 3 aliphatic rings. The van der Waals surface area contributed by atoms with Gasteiger partial charge < -0.3 is 14.7 Å². The Morgan fingerprint density at radius 2 is 2.00 bits per heavy atom. The fraction of sp³-hybridized carbons (Fsp3) is 0.526. The Balaban J connectivity index is 1.85. The number of hydrogen-bond donors (Lipinski definition) is 1. The molecule has 3 fully saturated rings. The van der Waals surface area contributed by atoms with E-state index in [1.807, 2.05) is 49.1 Å². The summed E-state index contributed by atoms with van der Waals surface area (Å²) in [5.41, 5.74) is -0.00194. The quantitative estimate of drug-likeness (QED) is 0.913. The van der Waals surface area contributed by atoms with E-state index in [4.69, 9.17) is 4.74 Å². The summed E-state index contributed by atoms with van der Waals surface area (Å²) in [4.78, 5) is 14.5. The lowest BCUT2D eigenvalue weighted by Gasteiger charge is -2.43. The molecule has 0 spiro atoms. The third-order valence-electron chi connectivity index (χ3n) is 6.28. The molecule has 0 radical (unpaired) electrons. The molecule has 4 rings (SSSR count). The molecule has 0 aromatic heterocycles. The Labute approximate surface area is 136 Å². The first-order valence-corrected chi connectivity index (χ1v) is 8.26. The van der Waals surface area contributed by atoms with Crippen LogP contribution in [0.15, 0.2) is 36.9 Å². The van der Waals surface area contributed by atoms with Crippen LogP contribution in [-0.2, 0) is 9.53 Å². The SMILES string of the molecule is C=C(c1ccccc1)[C@@]12CC[C@@](C)(O)[C@@H](C1)[C@]1(C)OCC(=O)N21. The maximum absolute atomic E-state index is 12.6. The van der Waals surface area contributed by atoms with Gasteiger partial charge in [0.2, 0.25) is 0 Å². The first kappa shape index (κ1) is 14.9. The minimum absolute atomic E-state index is 0.00443. The Morgan fingerprint density at radius 1 is 1.30 bits per heavy atom. The lowest BCUT2D eigenvalue weighted by atomic mass is 9.66. The molecule has 1 aromatic rings. The van der Waals surface area contributed by atoms with Crippen molar-refractivity contribution in [3.63, 3.8) is 0 Å². The van der Waals surface area contributed by atoms with Crippen molar-refractivity contribution in [2.24, 2.45) is 5.92 Å². The van der Waals surface area contributed by atoms with E-state index in [0.29, 0.717) is 12.8 Å². The normalized spacial score (nSPS) is 42.0. The predicted octanol–water partition coefficient (Wildman–Crippen LogP) is 2.58. The van der Waals surface area contributed by atoms with Crippen LogP contribution in [0.1, 0.15) is 38.7 Å². The van der Waals surface area contributed by atoms with Crippen LogP contribution < -0.4 is 0 Å². The van der Waals surface area contributed by atoms with Gasteiger partial charge in [0, 0.05) is 5.92 Å². The Hall–Kier alpha value is -1.65. The van der Waals surface area contributed by atoms with Crippen LogP contribution in [0.3, 0.4) is 0 Å². The van der Waals surface area contributed by atoms with Gasteiger partial charge >= 0.3 is 0 Å². The number of rotatable bonds is 2. The second kappa shape index (κ2) is 4.46. The summed E-state index contributed by atoms with van der Waals surface area (Å²) in [7, 11) is 0. The minimum atomic E-state index is -0.825. The summed E-state index contributed by atoms with van der Waals surface area (Å²) in [5, 5.41) is 10.9. The van der Waals surface area contributed by atoms with E-state index in [9.17, 15) is 9.90 Å². The van der Waals surface area contributed by atoms with E-state index in [0.717, 1.165) is 17.6 Å². The van der Waals surface area contributed by atoms with Crippen molar-refractivity contribution in [3.05, 3.63) is 42.5 Å². The second-order valence-electron chi connectivity index (χ2n) is 7.56. The molecule has 4 nitrogen and oxygen atoms in total. The molecule has 4 heteroatoms. The zero-order valence-electron chi connectivity index (χ0n) is 13.7. The van der Waals surface area contributed by atoms with Crippen molar-refractivity contribution >= 4 is 11.5 Å².